The Labute approximate surface area is 131 Å². The number of hydrogen-bond acceptors (Lipinski definition) is 3. The number of anilines is 1. The van der Waals surface area contributed by atoms with Crippen LogP contribution in [-0.4, -0.2) is 19.1 Å². The van der Waals surface area contributed by atoms with Crippen molar-refractivity contribution in [3.63, 3.8) is 0 Å². The third-order valence-corrected chi connectivity index (χ3v) is 3.54. The van der Waals surface area contributed by atoms with Crippen LogP contribution in [0.15, 0.2) is 48.5 Å². The molecule has 20 heavy (non-hydrogen) atoms. The van der Waals surface area contributed by atoms with Gasteiger partial charge in [0.15, 0.2) is 0 Å². The minimum absolute atomic E-state index is 0.133. The fourth-order valence-corrected chi connectivity index (χ4v) is 2.32. The molecule has 0 bridgehead atoms. The standard InChI is InChI=1S/C15H15IN2O2/c16-14-7-2-1-6-13(14)15(19)18-11-4-3-5-12(10-11)20-9-8-17/h1-7,10H,8-9,17H2,(H,18,19). The summed E-state index contributed by atoms with van der Waals surface area (Å²) in [6.45, 7) is 0.910. The van der Waals surface area contributed by atoms with Crippen molar-refractivity contribution >= 4 is 34.2 Å². The lowest BCUT2D eigenvalue weighted by molar-refractivity contribution is 0.102. The van der Waals surface area contributed by atoms with Crippen molar-refractivity contribution in [2.45, 2.75) is 0 Å². The van der Waals surface area contributed by atoms with Gasteiger partial charge in [-0.3, -0.25) is 4.79 Å². The van der Waals surface area contributed by atoms with E-state index in [9.17, 15) is 4.79 Å². The van der Waals surface area contributed by atoms with Crippen molar-refractivity contribution < 1.29 is 9.53 Å². The average molecular weight is 382 g/mol. The first-order valence-electron chi connectivity index (χ1n) is 6.19. The topological polar surface area (TPSA) is 64.3 Å². The second kappa shape index (κ2) is 7.25. The molecular formula is C15H15IN2O2. The number of amides is 1. The Morgan fingerprint density at radius 2 is 2.00 bits per heavy atom. The normalized spacial score (nSPS) is 10.1. The molecule has 0 saturated carbocycles. The monoisotopic (exact) mass is 382 g/mol. The van der Waals surface area contributed by atoms with E-state index in [4.69, 9.17) is 10.5 Å². The number of benzene rings is 2. The molecule has 0 aliphatic heterocycles. The zero-order chi connectivity index (χ0) is 14.4. The van der Waals surface area contributed by atoms with Crippen LogP contribution >= 0.6 is 22.6 Å². The molecule has 1 amide bonds. The van der Waals surface area contributed by atoms with Crippen LogP contribution in [0.25, 0.3) is 0 Å². The highest BCUT2D eigenvalue weighted by atomic mass is 127. The molecule has 0 saturated heterocycles. The summed E-state index contributed by atoms with van der Waals surface area (Å²) >= 11 is 2.14. The molecule has 104 valence electrons. The second-order valence-electron chi connectivity index (χ2n) is 4.10. The molecule has 3 N–H and O–H groups in total. The van der Waals surface area contributed by atoms with Crippen molar-refractivity contribution in [2.75, 3.05) is 18.5 Å². The van der Waals surface area contributed by atoms with Crippen LogP contribution in [0.3, 0.4) is 0 Å². The average Bonchev–Trinajstić information content (AvgIpc) is 2.46. The number of carbonyl (C=O) groups excluding carboxylic acids is 1. The van der Waals surface area contributed by atoms with Crippen molar-refractivity contribution in [1.82, 2.24) is 0 Å². The molecule has 0 radical (unpaired) electrons. The molecule has 0 spiro atoms. The van der Waals surface area contributed by atoms with Gasteiger partial charge < -0.3 is 15.8 Å². The second-order valence-corrected chi connectivity index (χ2v) is 5.26. The van der Waals surface area contributed by atoms with Crippen LogP contribution in [0, 0.1) is 3.57 Å². The zero-order valence-electron chi connectivity index (χ0n) is 10.8. The molecule has 5 heteroatoms. The van der Waals surface area contributed by atoms with Crippen LogP contribution in [0.5, 0.6) is 5.75 Å². The highest BCUT2D eigenvalue weighted by molar-refractivity contribution is 14.1. The summed E-state index contributed by atoms with van der Waals surface area (Å²) in [7, 11) is 0. The van der Waals surface area contributed by atoms with Crippen LogP contribution < -0.4 is 15.8 Å². The molecule has 0 heterocycles. The van der Waals surface area contributed by atoms with E-state index in [1.807, 2.05) is 36.4 Å². The number of halogens is 1. The van der Waals surface area contributed by atoms with Crippen LogP contribution in [0.2, 0.25) is 0 Å². The van der Waals surface area contributed by atoms with Gasteiger partial charge in [-0.15, -0.1) is 0 Å². The minimum Gasteiger partial charge on any atom is -0.492 e. The van der Waals surface area contributed by atoms with Gasteiger partial charge in [0.25, 0.3) is 5.91 Å². The third-order valence-electron chi connectivity index (χ3n) is 2.60. The van der Waals surface area contributed by atoms with Gasteiger partial charge in [0, 0.05) is 21.9 Å². The smallest absolute Gasteiger partial charge is 0.256 e. The maximum absolute atomic E-state index is 12.2. The first kappa shape index (κ1) is 14.8. The fourth-order valence-electron chi connectivity index (χ4n) is 1.68. The summed E-state index contributed by atoms with van der Waals surface area (Å²) in [5, 5.41) is 2.86. The summed E-state index contributed by atoms with van der Waals surface area (Å²) in [5.41, 5.74) is 6.74. The molecule has 0 fully saturated rings. The van der Waals surface area contributed by atoms with Crippen molar-refractivity contribution in [2.24, 2.45) is 5.73 Å². The summed E-state index contributed by atoms with van der Waals surface area (Å²) < 4.78 is 6.34. The number of carbonyl (C=O) groups is 1. The predicted molar refractivity (Wildman–Crippen MR) is 88.1 cm³/mol. The Kier molecular flexibility index (Phi) is 5.37. The van der Waals surface area contributed by atoms with E-state index < -0.39 is 0 Å². The molecular weight excluding hydrogens is 367 g/mol. The van der Waals surface area contributed by atoms with E-state index in [2.05, 4.69) is 27.9 Å². The Morgan fingerprint density at radius 3 is 2.75 bits per heavy atom. The van der Waals surface area contributed by atoms with E-state index in [1.165, 1.54) is 0 Å². The van der Waals surface area contributed by atoms with E-state index in [1.54, 1.807) is 12.1 Å². The number of hydrogen-bond donors (Lipinski definition) is 2. The van der Waals surface area contributed by atoms with Gasteiger partial charge in [0.05, 0.1) is 5.56 Å². The van der Waals surface area contributed by atoms with Crippen molar-refractivity contribution in [3.05, 3.63) is 57.7 Å². The minimum atomic E-state index is -0.133. The Balaban J connectivity index is 2.10. The van der Waals surface area contributed by atoms with Gasteiger partial charge in [0.2, 0.25) is 0 Å². The summed E-state index contributed by atoms with van der Waals surface area (Å²) in [6, 6.07) is 14.7. The quantitative estimate of drug-likeness (QED) is 0.782. The predicted octanol–water partition coefficient (Wildman–Crippen LogP) is 2.88. The van der Waals surface area contributed by atoms with Crippen molar-refractivity contribution in [1.29, 1.82) is 0 Å². The molecule has 0 atom stereocenters. The van der Waals surface area contributed by atoms with E-state index in [-0.39, 0.29) is 5.91 Å². The first-order valence-corrected chi connectivity index (χ1v) is 7.27. The summed E-state index contributed by atoms with van der Waals surface area (Å²) in [5.74, 6) is 0.557. The molecule has 4 nitrogen and oxygen atoms in total. The summed E-state index contributed by atoms with van der Waals surface area (Å²) in [6.07, 6.45) is 0. The lowest BCUT2D eigenvalue weighted by atomic mass is 10.2. The summed E-state index contributed by atoms with van der Waals surface area (Å²) in [4.78, 5) is 12.2. The zero-order valence-corrected chi connectivity index (χ0v) is 13.0. The van der Waals surface area contributed by atoms with Gasteiger partial charge in [-0.25, -0.2) is 0 Å². The molecule has 0 aliphatic carbocycles. The highest BCUT2D eigenvalue weighted by Gasteiger charge is 2.09. The van der Waals surface area contributed by atoms with Crippen LogP contribution in [0.1, 0.15) is 10.4 Å². The van der Waals surface area contributed by atoms with Gasteiger partial charge in [-0.05, 0) is 46.9 Å². The number of nitrogens with one attached hydrogen (secondary N) is 1. The SMILES string of the molecule is NCCOc1cccc(NC(=O)c2ccccc2I)c1. The molecule has 2 aromatic carbocycles. The Hall–Kier alpha value is -1.60. The molecule has 2 rings (SSSR count). The van der Waals surface area contributed by atoms with E-state index in [0.29, 0.717) is 30.2 Å². The fraction of sp³-hybridized carbons (Fsp3) is 0.133. The third kappa shape index (κ3) is 3.94. The van der Waals surface area contributed by atoms with Gasteiger partial charge in [-0.1, -0.05) is 18.2 Å². The molecule has 0 unspecified atom stereocenters. The number of rotatable bonds is 5. The van der Waals surface area contributed by atoms with Crippen molar-refractivity contribution in [3.8, 4) is 5.75 Å². The maximum atomic E-state index is 12.2. The maximum Gasteiger partial charge on any atom is 0.256 e. The highest BCUT2D eigenvalue weighted by Crippen LogP contribution is 2.19. The largest absolute Gasteiger partial charge is 0.492 e. The number of nitrogens with two attached hydrogens (primary N) is 1. The van der Waals surface area contributed by atoms with Gasteiger partial charge >= 0.3 is 0 Å². The number of ether oxygens (including phenoxy) is 1. The Bertz CT molecular complexity index is 602. The van der Waals surface area contributed by atoms with E-state index >= 15 is 0 Å². The van der Waals surface area contributed by atoms with Gasteiger partial charge in [-0.2, -0.15) is 0 Å². The van der Waals surface area contributed by atoms with Gasteiger partial charge in [0.1, 0.15) is 12.4 Å². The molecule has 2 aromatic rings. The molecule has 0 aromatic heterocycles. The lowest BCUT2D eigenvalue weighted by Crippen LogP contribution is -2.14. The molecule has 0 aliphatic rings. The lowest BCUT2D eigenvalue weighted by Gasteiger charge is -2.09. The first-order chi connectivity index (χ1) is 9.70. The van der Waals surface area contributed by atoms with Crippen LogP contribution in [0.4, 0.5) is 5.69 Å². The van der Waals surface area contributed by atoms with E-state index in [0.717, 1.165) is 3.57 Å². The Morgan fingerprint density at radius 1 is 1.20 bits per heavy atom. The van der Waals surface area contributed by atoms with Crippen LogP contribution in [-0.2, 0) is 0 Å².